The van der Waals surface area contributed by atoms with Crippen LogP contribution in [0.5, 0.6) is 0 Å². The van der Waals surface area contributed by atoms with Crippen LogP contribution in [0, 0.1) is 6.92 Å². The van der Waals surface area contributed by atoms with Gasteiger partial charge in [0.2, 0.25) is 0 Å². The Morgan fingerprint density at radius 3 is 1.89 bits per heavy atom. The SMILES string of the molecule is CCc1ccc2[cH-]c(C)cc2c1-c1cc(C(C)C)cc(C(C)C)c1.[Cl-].[Cl-].[Zr+3]. The third-order valence-corrected chi connectivity index (χ3v) is 5.10. The second-order valence-corrected chi connectivity index (χ2v) is 7.69. The van der Waals surface area contributed by atoms with Gasteiger partial charge in [0.1, 0.15) is 0 Å². The average molecular weight is 480 g/mol. The Balaban J connectivity index is 0.00000225. The van der Waals surface area contributed by atoms with Crippen LogP contribution in [0.1, 0.15) is 68.7 Å². The van der Waals surface area contributed by atoms with E-state index in [1.807, 2.05) is 0 Å². The van der Waals surface area contributed by atoms with Crippen molar-refractivity contribution in [2.45, 2.75) is 59.8 Å². The molecule has 0 N–H and O–H groups in total. The van der Waals surface area contributed by atoms with Gasteiger partial charge in [-0.25, -0.2) is 0 Å². The number of hydrogen-bond donors (Lipinski definition) is 0. The van der Waals surface area contributed by atoms with E-state index in [2.05, 4.69) is 84.0 Å². The molecule has 0 aliphatic heterocycles. The molecule has 3 rings (SSSR count). The molecule has 0 aliphatic carbocycles. The summed E-state index contributed by atoms with van der Waals surface area (Å²) >= 11 is 0. The molecule has 0 unspecified atom stereocenters. The molecule has 0 saturated carbocycles. The normalized spacial score (nSPS) is 10.5. The van der Waals surface area contributed by atoms with Crippen molar-refractivity contribution in [2.24, 2.45) is 0 Å². The first-order valence-corrected chi connectivity index (χ1v) is 9.24. The molecule has 0 spiro atoms. The van der Waals surface area contributed by atoms with E-state index in [0.29, 0.717) is 11.8 Å². The van der Waals surface area contributed by atoms with Crippen LogP contribution in [0.2, 0.25) is 0 Å². The zero-order valence-electron chi connectivity index (χ0n) is 17.2. The predicted molar refractivity (Wildman–Crippen MR) is 107 cm³/mol. The summed E-state index contributed by atoms with van der Waals surface area (Å²) in [6.45, 7) is 13.6. The first kappa shape index (κ1) is 26.5. The van der Waals surface area contributed by atoms with Crippen molar-refractivity contribution in [3.05, 3.63) is 64.7 Å². The third-order valence-electron chi connectivity index (χ3n) is 5.10. The van der Waals surface area contributed by atoms with Crippen molar-refractivity contribution >= 4 is 10.8 Å². The summed E-state index contributed by atoms with van der Waals surface area (Å²) in [5.74, 6) is 1.10. The Bertz CT molecular complexity index is 849. The summed E-state index contributed by atoms with van der Waals surface area (Å²) in [4.78, 5) is 0. The zero-order valence-corrected chi connectivity index (χ0v) is 21.1. The Kier molecular flexibility index (Phi) is 10.7. The minimum absolute atomic E-state index is 0. The van der Waals surface area contributed by atoms with E-state index in [4.69, 9.17) is 0 Å². The van der Waals surface area contributed by atoms with E-state index >= 15 is 0 Å². The second kappa shape index (κ2) is 10.9. The minimum atomic E-state index is 0. The van der Waals surface area contributed by atoms with Gasteiger partial charge in [0.15, 0.2) is 0 Å². The van der Waals surface area contributed by atoms with Crippen molar-refractivity contribution in [3.8, 4) is 11.1 Å². The van der Waals surface area contributed by atoms with Gasteiger partial charge >= 0.3 is 26.2 Å². The van der Waals surface area contributed by atoms with Crippen LogP contribution >= 0.6 is 0 Å². The number of benzene rings is 2. The van der Waals surface area contributed by atoms with Crippen LogP contribution in [0.15, 0.2) is 42.5 Å². The molecule has 3 aromatic carbocycles. The molecule has 0 atom stereocenters. The maximum Gasteiger partial charge on any atom is 3.00 e. The second-order valence-electron chi connectivity index (χ2n) is 7.69. The molecule has 0 amide bonds. The van der Waals surface area contributed by atoms with E-state index in [1.165, 1.54) is 44.2 Å². The van der Waals surface area contributed by atoms with Crippen LogP contribution in [0.3, 0.4) is 0 Å². The molecule has 3 heteroatoms. The van der Waals surface area contributed by atoms with Crippen molar-refractivity contribution < 1.29 is 51.0 Å². The fourth-order valence-corrected chi connectivity index (χ4v) is 3.60. The quantitative estimate of drug-likeness (QED) is 0.496. The summed E-state index contributed by atoms with van der Waals surface area (Å²) in [6.07, 6.45) is 1.07. The maximum atomic E-state index is 2.41. The Morgan fingerprint density at radius 1 is 0.852 bits per heavy atom. The molecule has 3 aromatic rings. The van der Waals surface area contributed by atoms with Crippen molar-refractivity contribution in [1.29, 1.82) is 0 Å². The van der Waals surface area contributed by atoms with Crippen LogP contribution in [0.25, 0.3) is 21.9 Å². The molecule has 27 heavy (non-hydrogen) atoms. The van der Waals surface area contributed by atoms with E-state index in [9.17, 15) is 0 Å². The van der Waals surface area contributed by atoms with Crippen molar-refractivity contribution in [1.82, 2.24) is 0 Å². The van der Waals surface area contributed by atoms with Gasteiger partial charge in [-0.15, -0.1) is 34.5 Å². The van der Waals surface area contributed by atoms with Gasteiger partial charge in [0.05, 0.1) is 0 Å². The molecule has 0 heterocycles. The van der Waals surface area contributed by atoms with Crippen LogP contribution < -0.4 is 24.8 Å². The molecular formula is C24H29Cl2Zr. The first-order chi connectivity index (χ1) is 11.4. The molecule has 0 nitrogen and oxygen atoms in total. The largest absolute Gasteiger partial charge is 3.00 e. The molecular weight excluding hydrogens is 450 g/mol. The summed E-state index contributed by atoms with van der Waals surface area (Å²) in [6, 6.07) is 16.4. The Hall–Kier alpha value is -0.487. The number of fused-ring (bicyclic) bond motifs is 1. The average Bonchev–Trinajstić information content (AvgIpc) is 2.93. The van der Waals surface area contributed by atoms with E-state index in [-0.39, 0.29) is 51.0 Å². The zero-order chi connectivity index (χ0) is 17.4. The van der Waals surface area contributed by atoms with E-state index < -0.39 is 0 Å². The van der Waals surface area contributed by atoms with Gasteiger partial charge in [-0.3, -0.25) is 0 Å². The van der Waals surface area contributed by atoms with Gasteiger partial charge in [-0.2, -0.15) is 6.07 Å². The van der Waals surface area contributed by atoms with Crippen molar-refractivity contribution in [2.75, 3.05) is 0 Å². The van der Waals surface area contributed by atoms with Crippen LogP contribution in [-0.2, 0) is 32.6 Å². The fraction of sp³-hybridized carbons (Fsp3) is 0.375. The predicted octanol–water partition coefficient (Wildman–Crippen LogP) is 1.35. The monoisotopic (exact) mass is 477 g/mol. The smallest absolute Gasteiger partial charge is 1.00 e. The summed E-state index contributed by atoms with van der Waals surface area (Å²) in [7, 11) is 0. The molecule has 0 bridgehead atoms. The van der Waals surface area contributed by atoms with Crippen LogP contribution in [-0.4, -0.2) is 0 Å². The molecule has 0 fully saturated rings. The van der Waals surface area contributed by atoms with Gasteiger partial charge in [-0.05, 0) is 34.9 Å². The molecule has 1 radical (unpaired) electrons. The number of hydrogen-bond acceptors (Lipinski definition) is 0. The molecule has 143 valence electrons. The van der Waals surface area contributed by atoms with Gasteiger partial charge in [0, 0.05) is 0 Å². The summed E-state index contributed by atoms with van der Waals surface area (Å²) < 4.78 is 0. The Labute approximate surface area is 196 Å². The summed E-state index contributed by atoms with van der Waals surface area (Å²) in [5.41, 5.74) is 8.51. The van der Waals surface area contributed by atoms with Gasteiger partial charge in [0.25, 0.3) is 0 Å². The number of rotatable bonds is 4. The fourth-order valence-electron chi connectivity index (χ4n) is 3.60. The third kappa shape index (κ3) is 5.53. The topological polar surface area (TPSA) is 0 Å². The minimum Gasteiger partial charge on any atom is -1.00 e. The van der Waals surface area contributed by atoms with Gasteiger partial charge in [-0.1, -0.05) is 70.9 Å². The van der Waals surface area contributed by atoms with E-state index in [1.54, 1.807) is 0 Å². The Morgan fingerprint density at radius 2 is 1.41 bits per heavy atom. The first-order valence-electron chi connectivity index (χ1n) is 9.24. The van der Waals surface area contributed by atoms with Crippen LogP contribution in [0.4, 0.5) is 0 Å². The number of aryl methyl sites for hydroxylation is 2. The maximum absolute atomic E-state index is 2.41. The van der Waals surface area contributed by atoms with E-state index in [0.717, 1.165) is 6.42 Å². The molecule has 0 aromatic heterocycles. The standard InChI is InChI=1S/C24H29.2ClH.Zr/c1-7-18-8-9-19-10-17(6)11-23(19)24(18)22-13-20(15(2)3)12-21(14-22)16(4)5;;;/h8-16H,7H2,1-6H3;2*1H;/q-1;;;+3/p-2. The summed E-state index contributed by atoms with van der Waals surface area (Å²) in [5, 5.41) is 2.77. The van der Waals surface area contributed by atoms with Gasteiger partial charge < -0.3 is 24.8 Å². The molecule has 0 aliphatic rings. The number of halogens is 2. The molecule has 0 saturated heterocycles. The van der Waals surface area contributed by atoms with Crippen molar-refractivity contribution in [3.63, 3.8) is 0 Å².